The third-order valence-electron chi connectivity index (χ3n) is 8.27. The van der Waals surface area contributed by atoms with Gasteiger partial charge in [-0.1, -0.05) is 24.3 Å². The van der Waals surface area contributed by atoms with E-state index in [0.29, 0.717) is 16.7 Å². The van der Waals surface area contributed by atoms with Crippen molar-refractivity contribution in [2.75, 3.05) is 13.1 Å². The van der Waals surface area contributed by atoms with Crippen LogP contribution in [0, 0.1) is 23.1 Å². The van der Waals surface area contributed by atoms with Gasteiger partial charge in [0.2, 0.25) is 5.91 Å². The number of rotatable bonds is 6. The first kappa shape index (κ1) is 28.6. The summed E-state index contributed by atoms with van der Waals surface area (Å²) in [6.07, 6.45) is 3.92. The fourth-order valence-corrected chi connectivity index (χ4v) is 6.31. The fourth-order valence-electron chi connectivity index (χ4n) is 6.31. The van der Waals surface area contributed by atoms with Crippen LogP contribution in [0.3, 0.4) is 0 Å². The number of fused-ring (bicyclic) bond motifs is 2. The number of carbonyl (C=O) groups excluding carboxylic acids is 3. The zero-order valence-electron chi connectivity index (χ0n) is 23.9. The van der Waals surface area contributed by atoms with E-state index in [4.69, 9.17) is 4.74 Å². The number of hydrogen-bond donors (Lipinski definition) is 1. The number of benzene rings is 2. The van der Waals surface area contributed by atoms with Gasteiger partial charge in [0.1, 0.15) is 23.5 Å². The second-order valence-corrected chi connectivity index (χ2v) is 12.3. The lowest BCUT2D eigenvalue weighted by atomic mass is 9.96. The highest BCUT2D eigenvalue weighted by molar-refractivity contribution is 5.95. The number of nitriles is 1. The zero-order valence-corrected chi connectivity index (χ0v) is 23.9. The Hall–Kier alpha value is -3.93. The average Bonchev–Trinajstić information content (AvgIpc) is 3.71. The van der Waals surface area contributed by atoms with Crippen LogP contribution in [0.5, 0.6) is 0 Å². The highest BCUT2D eigenvalue weighted by Crippen LogP contribution is 2.43. The minimum absolute atomic E-state index is 0.00905. The van der Waals surface area contributed by atoms with E-state index in [9.17, 15) is 19.6 Å². The molecule has 3 aliphatic rings. The molecule has 2 saturated heterocycles. The lowest BCUT2D eigenvalue weighted by Crippen LogP contribution is -2.55. The van der Waals surface area contributed by atoms with Crippen molar-refractivity contribution < 1.29 is 23.5 Å². The minimum atomic E-state index is -0.960. The molecule has 2 aromatic rings. The lowest BCUT2D eigenvalue weighted by molar-refractivity contribution is -0.128. The van der Waals surface area contributed by atoms with Gasteiger partial charge < -0.3 is 15.0 Å². The Labute approximate surface area is 240 Å². The second kappa shape index (κ2) is 11.5. The summed E-state index contributed by atoms with van der Waals surface area (Å²) in [4.78, 5) is 42.2. The number of amides is 3. The van der Waals surface area contributed by atoms with Crippen LogP contribution in [0.2, 0.25) is 0 Å². The van der Waals surface area contributed by atoms with Crippen molar-refractivity contribution in [3.8, 4) is 17.2 Å². The Morgan fingerprint density at radius 3 is 2.39 bits per heavy atom. The van der Waals surface area contributed by atoms with Gasteiger partial charge in [-0.3, -0.25) is 14.5 Å². The van der Waals surface area contributed by atoms with Crippen LogP contribution in [0.4, 0.5) is 9.18 Å². The molecule has 5 rings (SSSR count). The molecule has 2 aromatic carbocycles. The van der Waals surface area contributed by atoms with Crippen LogP contribution in [-0.2, 0) is 16.0 Å². The summed E-state index contributed by atoms with van der Waals surface area (Å²) in [5, 5.41) is 12.5. The molecule has 3 amide bonds. The van der Waals surface area contributed by atoms with E-state index in [2.05, 4.69) is 11.4 Å². The minimum Gasteiger partial charge on any atom is -0.444 e. The van der Waals surface area contributed by atoms with Crippen molar-refractivity contribution in [1.82, 2.24) is 15.1 Å². The second-order valence-electron chi connectivity index (χ2n) is 12.3. The number of nitrogens with one attached hydrogen (secondary N) is 1. The van der Waals surface area contributed by atoms with Crippen molar-refractivity contribution in [2.45, 2.75) is 83.0 Å². The Morgan fingerprint density at radius 1 is 1.07 bits per heavy atom. The predicted octanol–water partition coefficient (Wildman–Crippen LogP) is 5.07. The van der Waals surface area contributed by atoms with E-state index < -0.39 is 35.5 Å². The van der Waals surface area contributed by atoms with Crippen LogP contribution < -0.4 is 5.32 Å². The molecule has 0 spiro atoms. The van der Waals surface area contributed by atoms with Crippen LogP contribution in [0.1, 0.15) is 68.8 Å². The third-order valence-corrected chi connectivity index (χ3v) is 8.27. The molecule has 9 heteroatoms. The van der Waals surface area contributed by atoms with Gasteiger partial charge in [-0.15, -0.1) is 0 Å². The zero-order chi connectivity index (χ0) is 29.3. The van der Waals surface area contributed by atoms with Gasteiger partial charge in [-0.05, 0) is 93.7 Å². The number of carbonyl (C=O) groups is 3. The first-order valence-electron chi connectivity index (χ1n) is 14.4. The molecule has 4 atom stereocenters. The number of halogens is 1. The fraction of sp³-hybridized carbons (Fsp3) is 0.500. The molecule has 0 unspecified atom stereocenters. The van der Waals surface area contributed by atoms with Gasteiger partial charge in [0, 0.05) is 31.1 Å². The van der Waals surface area contributed by atoms with Gasteiger partial charge in [0.25, 0.3) is 5.91 Å². The molecule has 41 heavy (non-hydrogen) atoms. The maximum atomic E-state index is 15.2. The summed E-state index contributed by atoms with van der Waals surface area (Å²) in [5.41, 5.74) is 1.65. The van der Waals surface area contributed by atoms with E-state index in [-0.39, 0.29) is 24.3 Å². The number of ether oxygens (including phenoxy) is 1. The Morgan fingerprint density at radius 2 is 1.76 bits per heavy atom. The van der Waals surface area contributed by atoms with Gasteiger partial charge in [0.05, 0.1) is 6.07 Å². The van der Waals surface area contributed by atoms with E-state index in [1.807, 2.05) is 17.0 Å². The first-order valence-corrected chi connectivity index (χ1v) is 14.4. The molecule has 8 nitrogen and oxygen atoms in total. The number of hydrogen-bond acceptors (Lipinski definition) is 5. The molecule has 216 valence electrons. The average molecular weight is 561 g/mol. The van der Waals surface area contributed by atoms with Gasteiger partial charge >= 0.3 is 6.09 Å². The van der Waals surface area contributed by atoms with Crippen LogP contribution in [0.15, 0.2) is 42.5 Å². The maximum absolute atomic E-state index is 15.2. The summed E-state index contributed by atoms with van der Waals surface area (Å²) >= 11 is 0. The SMILES string of the molecule is CC(C)(C)OC(=O)N1[C@@H]2CC[C@@H](C2)[C@H]1C(=O)N[C@H](C#N)Cc1ccc(-c2ccc(C(=O)N3CCCC3)cc2)cc1F. The highest BCUT2D eigenvalue weighted by Gasteiger charge is 2.52. The smallest absolute Gasteiger partial charge is 0.411 e. The van der Waals surface area contributed by atoms with Crippen molar-refractivity contribution in [3.05, 3.63) is 59.4 Å². The normalized spacial score (nSPS) is 22.4. The topological polar surface area (TPSA) is 103 Å². The Bertz CT molecular complexity index is 1360. The predicted molar refractivity (Wildman–Crippen MR) is 151 cm³/mol. The number of piperidine rings is 1. The number of nitrogens with zero attached hydrogens (tertiary/aromatic N) is 3. The molecule has 3 fully saturated rings. The monoisotopic (exact) mass is 560 g/mol. The Balaban J connectivity index is 1.24. The summed E-state index contributed by atoms with van der Waals surface area (Å²) in [7, 11) is 0. The largest absolute Gasteiger partial charge is 0.444 e. The lowest BCUT2D eigenvalue weighted by Gasteiger charge is -2.35. The van der Waals surface area contributed by atoms with E-state index >= 15 is 4.39 Å². The molecule has 1 saturated carbocycles. The molecule has 1 N–H and O–H groups in total. The van der Waals surface area contributed by atoms with Crippen molar-refractivity contribution in [3.63, 3.8) is 0 Å². The molecule has 1 aliphatic carbocycles. The molecule has 2 heterocycles. The summed E-state index contributed by atoms with van der Waals surface area (Å²) in [6.45, 7) is 6.91. The molecular weight excluding hydrogens is 523 g/mol. The summed E-state index contributed by atoms with van der Waals surface area (Å²) in [6, 6.07) is 12.3. The van der Waals surface area contributed by atoms with Gasteiger partial charge in [-0.2, -0.15) is 5.26 Å². The van der Waals surface area contributed by atoms with Crippen LogP contribution >= 0.6 is 0 Å². The van der Waals surface area contributed by atoms with Gasteiger partial charge in [-0.25, -0.2) is 9.18 Å². The van der Waals surface area contributed by atoms with E-state index in [1.54, 1.807) is 45.0 Å². The maximum Gasteiger partial charge on any atom is 0.411 e. The van der Waals surface area contributed by atoms with Gasteiger partial charge in [0.15, 0.2) is 0 Å². The summed E-state index contributed by atoms with van der Waals surface area (Å²) in [5.74, 6) is -0.862. The highest BCUT2D eigenvalue weighted by atomic mass is 19.1. The van der Waals surface area contributed by atoms with Crippen molar-refractivity contribution in [2.24, 2.45) is 5.92 Å². The third kappa shape index (κ3) is 6.22. The van der Waals surface area contributed by atoms with Crippen molar-refractivity contribution in [1.29, 1.82) is 5.26 Å². The molecule has 0 aromatic heterocycles. The number of likely N-dealkylation sites (tertiary alicyclic amines) is 2. The van der Waals surface area contributed by atoms with E-state index in [1.165, 1.54) is 11.0 Å². The molecular formula is C32H37FN4O4. The molecule has 0 radical (unpaired) electrons. The van der Waals surface area contributed by atoms with Crippen LogP contribution in [0.25, 0.3) is 11.1 Å². The van der Waals surface area contributed by atoms with Crippen LogP contribution in [-0.4, -0.2) is 64.5 Å². The van der Waals surface area contributed by atoms with E-state index in [0.717, 1.165) is 50.8 Å². The first-order chi connectivity index (χ1) is 19.5. The summed E-state index contributed by atoms with van der Waals surface area (Å²) < 4.78 is 20.7. The van der Waals surface area contributed by atoms with Crippen molar-refractivity contribution >= 4 is 17.9 Å². The quantitative estimate of drug-likeness (QED) is 0.532. The Kier molecular flexibility index (Phi) is 8.03. The standard InChI is InChI=1S/C32H37FN4O4/c1-32(2,3)41-31(40)37-26-13-12-24(17-26)28(37)29(38)35-25(19-34)16-23-11-10-22(18-27(23)33)20-6-8-21(9-7-20)30(39)36-14-4-5-15-36/h6-11,18,24-26,28H,4-5,12-17H2,1-3H3,(H,35,38)/t24-,25-,26+,28-/m0/s1. The molecule has 2 aliphatic heterocycles. The molecule has 2 bridgehead atoms.